The van der Waals surface area contributed by atoms with Gasteiger partial charge in [-0.15, -0.1) is 5.10 Å². The van der Waals surface area contributed by atoms with Crippen LogP contribution in [0, 0.1) is 6.92 Å². The van der Waals surface area contributed by atoms with E-state index in [-0.39, 0.29) is 17.2 Å². The van der Waals surface area contributed by atoms with Gasteiger partial charge in [-0.3, -0.25) is 9.69 Å². The molecule has 2 aliphatic heterocycles. The summed E-state index contributed by atoms with van der Waals surface area (Å²) in [6.45, 7) is 5.98. The number of nitrogens with zero attached hydrogens (tertiary/aromatic N) is 4. The predicted molar refractivity (Wildman–Crippen MR) is 122 cm³/mol. The monoisotopic (exact) mass is 450 g/mol. The second-order valence-corrected chi connectivity index (χ2v) is 9.12. The Labute approximate surface area is 191 Å². The Bertz CT molecular complexity index is 1160. The summed E-state index contributed by atoms with van der Waals surface area (Å²) in [6, 6.07) is 14.4. The number of thioether (sulfide) groups is 1. The molecule has 5 rings (SSSR count). The molecule has 0 aliphatic carbocycles. The molecule has 0 spiro atoms. The zero-order valence-corrected chi connectivity index (χ0v) is 19.3. The van der Waals surface area contributed by atoms with Gasteiger partial charge in [-0.1, -0.05) is 42.1 Å². The molecule has 3 heterocycles. The van der Waals surface area contributed by atoms with Crippen LogP contribution >= 0.6 is 11.8 Å². The van der Waals surface area contributed by atoms with Gasteiger partial charge < -0.3 is 9.47 Å². The van der Waals surface area contributed by atoms with E-state index in [4.69, 9.17) is 9.47 Å². The first kappa shape index (κ1) is 21.0. The Balaban J connectivity index is 1.54. The van der Waals surface area contributed by atoms with Gasteiger partial charge in [-0.05, 0) is 49.1 Å². The van der Waals surface area contributed by atoms with E-state index in [1.165, 1.54) is 27.6 Å². The van der Waals surface area contributed by atoms with Gasteiger partial charge in [0.15, 0.2) is 16.7 Å². The normalized spacial score (nSPS) is 18.8. The topological polar surface area (TPSA) is 69.5 Å². The summed E-state index contributed by atoms with van der Waals surface area (Å²) < 4.78 is 12.8. The molecule has 0 bridgehead atoms. The van der Waals surface area contributed by atoms with Crippen LogP contribution in [0.5, 0.6) is 11.5 Å². The summed E-state index contributed by atoms with van der Waals surface area (Å²) in [7, 11) is 1.64. The third-order valence-electron chi connectivity index (χ3n) is 6.04. The quantitative estimate of drug-likeness (QED) is 0.564. The molecule has 0 saturated carbocycles. The summed E-state index contributed by atoms with van der Waals surface area (Å²) in [6.07, 6.45) is 0.953. The molecule has 0 N–H and O–H groups in total. The molecule has 0 saturated heterocycles. The molecule has 0 radical (unpaired) electrons. The van der Waals surface area contributed by atoms with Gasteiger partial charge in [-0.2, -0.15) is 4.68 Å². The molecule has 0 fully saturated rings. The van der Waals surface area contributed by atoms with Crippen molar-refractivity contribution in [2.75, 3.05) is 20.3 Å². The molecule has 3 aromatic rings. The number of rotatable bonds is 6. The number of fused-ring (bicyclic) bond motifs is 2. The number of aromatic nitrogens is 3. The van der Waals surface area contributed by atoms with Crippen LogP contribution in [0.3, 0.4) is 0 Å². The highest BCUT2D eigenvalue weighted by Crippen LogP contribution is 2.44. The maximum absolute atomic E-state index is 13.4. The molecule has 0 amide bonds. The van der Waals surface area contributed by atoms with Crippen molar-refractivity contribution in [2.45, 2.75) is 43.3 Å². The molecule has 32 heavy (non-hydrogen) atoms. The molecule has 7 nitrogen and oxygen atoms in total. The third kappa shape index (κ3) is 3.67. The zero-order valence-electron chi connectivity index (χ0n) is 18.4. The number of hydrogen-bond acceptors (Lipinski definition) is 7. The van der Waals surface area contributed by atoms with Crippen LogP contribution < -0.4 is 9.47 Å². The first-order valence-corrected chi connectivity index (χ1v) is 11.7. The van der Waals surface area contributed by atoms with Gasteiger partial charge in [0.25, 0.3) is 5.91 Å². The van der Waals surface area contributed by atoms with Crippen LogP contribution in [0.15, 0.2) is 47.6 Å². The molecule has 166 valence electrons. The standard InChI is InChI=1S/C24H26N4O3S/c1-4-31-19-10-9-17(13-20(19)30-3)21(22-23(29)28-24(32-22)25-15(2)26-28)27-12-11-16-7-5-6-8-18(16)14-27/h5-10,13,21-22H,4,11-12,14H2,1-3H3/t21-,22?/m1/s1. The Hall–Kier alpha value is -2.84. The maximum atomic E-state index is 13.4. The second-order valence-electron chi connectivity index (χ2n) is 8.01. The minimum Gasteiger partial charge on any atom is -0.493 e. The lowest BCUT2D eigenvalue weighted by atomic mass is 9.94. The number of carbonyl (C=O) groups excluding carboxylic acids is 1. The molecular weight excluding hydrogens is 424 g/mol. The van der Waals surface area contributed by atoms with Crippen molar-refractivity contribution in [3.63, 3.8) is 0 Å². The van der Waals surface area contributed by atoms with Crippen LogP contribution in [0.25, 0.3) is 0 Å². The predicted octanol–water partition coefficient (Wildman–Crippen LogP) is 3.91. The lowest BCUT2D eigenvalue weighted by Crippen LogP contribution is -2.41. The van der Waals surface area contributed by atoms with Crippen LogP contribution in [0.1, 0.15) is 40.3 Å². The second kappa shape index (κ2) is 8.60. The fourth-order valence-electron chi connectivity index (χ4n) is 4.57. The maximum Gasteiger partial charge on any atom is 0.264 e. The Morgan fingerprint density at radius 2 is 2.00 bits per heavy atom. The number of carbonyl (C=O) groups is 1. The first-order valence-electron chi connectivity index (χ1n) is 10.8. The average molecular weight is 451 g/mol. The van der Waals surface area contributed by atoms with E-state index in [0.29, 0.717) is 29.1 Å². The lowest BCUT2D eigenvalue weighted by Gasteiger charge is -2.38. The average Bonchev–Trinajstić information content (AvgIpc) is 3.32. The van der Waals surface area contributed by atoms with Crippen molar-refractivity contribution in [3.05, 3.63) is 65.0 Å². The minimum atomic E-state index is -0.335. The molecule has 1 unspecified atom stereocenters. The number of benzene rings is 2. The summed E-state index contributed by atoms with van der Waals surface area (Å²) in [5.74, 6) is 1.97. The van der Waals surface area contributed by atoms with Crippen LogP contribution in [0.4, 0.5) is 0 Å². The number of hydrogen-bond donors (Lipinski definition) is 0. The van der Waals surface area contributed by atoms with Crippen LogP contribution in [-0.2, 0) is 13.0 Å². The zero-order chi connectivity index (χ0) is 22.2. The first-order chi connectivity index (χ1) is 15.6. The van der Waals surface area contributed by atoms with E-state index in [1.54, 1.807) is 7.11 Å². The van der Waals surface area contributed by atoms with Gasteiger partial charge in [0, 0.05) is 13.1 Å². The van der Waals surface area contributed by atoms with Gasteiger partial charge in [-0.25, -0.2) is 4.98 Å². The summed E-state index contributed by atoms with van der Waals surface area (Å²) in [4.78, 5) is 20.2. The Kier molecular flexibility index (Phi) is 5.65. The van der Waals surface area contributed by atoms with E-state index in [0.717, 1.165) is 25.1 Å². The highest BCUT2D eigenvalue weighted by molar-refractivity contribution is 8.00. The van der Waals surface area contributed by atoms with E-state index >= 15 is 0 Å². The Morgan fingerprint density at radius 3 is 2.75 bits per heavy atom. The van der Waals surface area contributed by atoms with E-state index in [2.05, 4.69) is 39.2 Å². The van der Waals surface area contributed by atoms with Crippen molar-refractivity contribution >= 4 is 17.7 Å². The fraction of sp³-hybridized carbons (Fsp3) is 0.375. The number of methoxy groups -OCH3 is 1. The molecule has 1 aromatic heterocycles. The summed E-state index contributed by atoms with van der Waals surface area (Å²) in [5.41, 5.74) is 3.71. The Morgan fingerprint density at radius 1 is 1.19 bits per heavy atom. The van der Waals surface area contributed by atoms with Gasteiger partial charge in [0.05, 0.1) is 19.8 Å². The van der Waals surface area contributed by atoms with E-state index in [9.17, 15) is 4.79 Å². The number of aryl methyl sites for hydroxylation is 1. The highest BCUT2D eigenvalue weighted by Gasteiger charge is 2.43. The van der Waals surface area contributed by atoms with Crippen molar-refractivity contribution < 1.29 is 14.3 Å². The van der Waals surface area contributed by atoms with Crippen LogP contribution in [-0.4, -0.2) is 51.1 Å². The highest BCUT2D eigenvalue weighted by atomic mass is 32.2. The number of ether oxygens (including phenoxy) is 2. The third-order valence-corrected chi connectivity index (χ3v) is 7.23. The van der Waals surface area contributed by atoms with Gasteiger partial charge in [0.1, 0.15) is 11.1 Å². The molecule has 2 atom stereocenters. The molecule has 2 aliphatic rings. The minimum absolute atomic E-state index is 0.0256. The molecule has 8 heteroatoms. The van der Waals surface area contributed by atoms with Crippen molar-refractivity contribution in [3.8, 4) is 11.5 Å². The lowest BCUT2D eigenvalue weighted by molar-refractivity contribution is 0.0824. The summed E-state index contributed by atoms with van der Waals surface area (Å²) >= 11 is 1.50. The van der Waals surface area contributed by atoms with Crippen molar-refractivity contribution in [1.29, 1.82) is 0 Å². The molecule has 2 aromatic carbocycles. The van der Waals surface area contributed by atoms with E-state index in [1.807, 2.05) is 32.0 Å². The van der Waals surface area contributed by atoms with Crippen molar-refractivity contribution in [2.24, 2.45) is 0 Å². The van der Waals surface area contributed by atoms with Gasteiger partial charge >= 0.3 is 0 Å². The fourth-order valence-corrected chi connectivity index (χ4v) is 5.88. The molecular formula is C24H26N4O3S. The summed E-state index contributed by atoms with van der Waals surface area (Å²) in [5, 5.41) is 4.65. The largest absolute Gasteiger partial charge is 0.493 e. The van der Waals surface area contributed by atoms with E-state index < -0.39 is 0 Å². The SMILES string of the molecule is CCOc1ccc([C@H](C2Sc3nc(C)nn3C2=O)N2CCc3ccccc3C2)cc1OC. The smallest absolute Gasteiger partial charge is 0.264 e. The van der Waals surface area contributed by atoms with Gasteiger partial charge in [0.2, 0.25) is 0 Å². The van der Waals surface area contributed by atoms with Crippen molar-refractivity contribution in [1.82, 2.24) is 19.7 Å². The van der Waals surface area contributed by atoms with Crippen LogP contribution in [0.2, 0.25) is 0 Å².